The molecule has 2 aromatic rings. The Kier molecular flexibility index (Phi) is 8.18. The number of allylic oxidation sites excluding steroid dienone is 4. The van der Waals surface area contributed by atoms with Gasteiger partial charge in [0.25, 0.3) is 0 Å². The standard InChI is InChI=1S/C47H58O5/c1-29(48)52-47(5)26-22-41-38-15-12-32-28-34(19-23-44(32,2)40(38)21-25-46(41,47)4)50-42-18-17-39-37-14-11-31-27-33(51-43(49)30-9-7-6-8-10-30)13-16-35(31)36(37)20-24-45(39,42)3/h6-10,12-13,16,27-28,36-42H,11,14-15,17-26H2,1-5H3/t36-,37-,38-,39+,40+,41+,42+,44+,45+,46+,47+/m1/s1. The molecule has 4 fully saturated rings. The zero-order valence-corrected chi connectivity index (χ0v) is 32.0. The first-order valence-electron chi connectivity index (χ1n) is 20.6. The van der Waals surface area contributed by atoms with E-state index in [1.54, 1.807) is 19.1 Å². The molecule has 0 amide bonds. The molecule has 0 heterocycles. The van der Waals surface area contributed by atoms with E-state index in [-0.39, 0.29) is 33.8 Å². The van der Waals surface area contributed by atoms with Crippen LogP contribution in [0.5, 0.6) is 5.75 Å². The van der Waals surface area contributed by atoms with E-state index in [1.807, 2.05) is 24.3 Å². The van der Waals surface area contributed by atoms with Gasteiger partial charge in [-0.1, -0.05) is 51.1 Å². The summed E-state index contributed by atoms with van der Waals surface area (Å²) in [6.45, 7) is 11.3. The van der Waals surface area contributed by atoms with Gasteiger partial charge in [-0.3, -0.25) is 4.79 Å². The highest BCUT2D eigenvalue weighted by Crippen LogP contribution is 2.68. The average molecular weight is 703 g/mol. The van der Waals surface area contributed by atoms with E-state index in [0.717, 1.165) is 38.5 Å². The van der Waals surface area contributed by atoms with Gasteiger partial charge in [-0.05, 0) is 172 Å². The number of rotatable bonds is 5. The first-order chi connectivity index (χ1) is 24.9. The van der Waals surface area contributed by atoms with E-state index in [1.165, 1.54) is 67.4 Å². The topological polar surface area (TPSA) is 61.8 Å². The van der Waals surface area contributed by atoms with Gasteiger partial charge < -0.3 is 14.2 Å². The lowest BCUT2D eigenvalue weighted by atomic mass is 9.47. The van der Waals surface area contributed by atoms with Crippen LogP contribution in [-0.2, 0) is 20.7 Å². The minimum atomic E-state index is -0.342. The van der Waals surface area contributed by atoms with Crippen molar-refractivity contribution in [3.8, 4) is 5.75 Å². The maximum absolute atomic E-state index is 12.7. The molecule has 9 rings (SSSR count). The number of carbonyl (C=O) groups is 2. The molecule has 5 nitrogen and oxygen atoms in total. The number of esters is 2. The van der Waals surface area contributed by atoms with Gasteiger partial charge in [0.2, 0.25) is 0 Å². The highest BCUT2D eigenvalue weighted by Gasteiger charge is 2.64. The molecule has 2 aromatic carbocycles. The molecule has 4 saturated carbocycles. The lowest BCUT2D eigenvalue weighted by molar-refractivity contribution is -0.176. The molecule has 276 valence electrons. The lowest BCUT2D eigenvalue weighted by Gasteiger charge is -2.58. The van der Waals surface area contributed by atoms with Gasteiger partial charge in [-0.2, -0.15) is 0 Å². The maximum atomic E-state index is 12.7. The Balaban J connectivity index is 0.879. The monoisotopic (exact) mass is 702 g/mol. The predicted octanol–water partition coefficient (Wildman–Crippen LogP) is 10.9. The van der Waals surface area contributed by atoms with E-state index < -0.39 is 0 Å². The highest BCUT2D eigenvalue weighted by atomic mass is 16.6. The smallest absolute Gasteiger partial charge is 0.343 e. The molecule has 0 unspecified atom stereocenters. The van der Waals surface area contributed by atoms with Gasteiger partial charge in [-0.25, -0.2) is 4.79 Å². The van der Waals surface area contributed by atoms with Crippen LogP contribution >= 0.6 is 0 Å². The van der Waals surface area contributed by atoms with E-state index >= 15 is 0 Å². The van der Waals surface area contributed by atoms with Crippen molar-refractivity contribution in [2.24, 2.45) is 45.8 Å². The molecule has 7 aliphatic carbocycles. The summed E-state index contributed by atoms with van der Waals surface area (Å²) in [5, 5.41) is 0. The molecular weight excluding hydrogens is 645 g/mol. The molecule has 0 radical (unpaired) electrons. The first-order valence-corrected chi connectivity index (χ1v) is 20.6. The van der Waals surface area contributed by atoms with Crippen molar-refractivity contribution in [3.05, 3.63) is 88.7 Å². The molecule has 0 aliphatic heterocycles. The zero-order valence-electron chi connectivity index (χ0n) is 32.0. The van der Waals surface area contributed by atoms with Gasteiger partial charge in [0.1, 0.15) is 17.5 Å². The van der Waals surface area contributed by atoms with E-state index in [9.17, 15) is 9.59 Å². The van der Waals surface area contributed by atoms with Gasteiger partial charge in [0.15, 0.2) is 0 Å². The average Bonchev–Trinajstić information content (AvgIpc) is 3.60. The summed E-state index contributed by atoms with van der Waals surface area (Å²) in [5.74, 6) is 5.39. The number of hydrogen-bond acceptors (Lipinski definition) is 5. The number of hydrogen-bond donors (Lipinski definition) is 0. The summed E-state index contributed by atoms with van der Waals surface area (Å²) in [7, 11) is 0. The fraction of sp³-hybridized carbons (Fsp3) is 0.617. The first kappa shape index (κ1) is 34.4. The van der Waals surface area contributed by atoms with Crippen molar-refractivity contribution >= 4 is 11.9 Å². The molecule has 7 aliphatic rings. The molecule has 11 atom stereocenters. The van der Waals surface area contributed by atoms with Crippen LogP contribution in [0.1, 0.15) is 139 Å². The zero-order chi connectivity index (χ0) is 36.0. The molecular formula is C47H58O5. The maximum Gasteiger partial charge on any atom is 0.343 e. The third kappa shape index (κ3) is 5.21. The van der Waals surface area contributed by atoms with Crippen LogP contribution < -0.4 is 4.74 Å². The van der Waals surface area contributed by atoms with Gasteiger partial charge >= 0.3 is 11.9 Å². The second-order valence-electron chi connectivity index (χ2n) is 18.9. The van der Waals surface area contributed by atoms with Gasteiger partial charge in [0.05, 0.1) is 11.3 Å². The van der Waals surface area contributed by atoms with Crippen LogP contribution in [0.2, 0.25) is 0 Å². The molecule has 52 heavy (non-hydrogen) atoms. The Morgan fingerprint density at radius 1 is 0.769 bits per heavy atom. The van der Waals surface area contributed by atoms with E-state index in [0.29, 0.717) is 52.9 Å². The molecule has 0 aromatic heterocycles. The molecule has 0 spiro atoms. The Morgan fingerprint density at radius 3 is 2.38 bits per heavy atom. The van der Waals surface area contributed by atoms with Crippen LogP contribution in [0.4, 0.5) is 0 Å². The Labute approximate surface area is 311 Å². The number of benzene rings is 2. The third-order valence-electron chi connectivity index (χ3n) is 16.8. The molecule has 5 heteroatoms. The largest absolute Gasteiger partial charge is 0.494 e. The number of aryl methyl sites for hydroxylation is 1. The van der Waals surface area contributed by atoms with Crippen molar-refractivity contribution in [1.29, 1.82) is 0 Å². The summed E-state index contributed by atoms with van der Waals surface area (Å²) in [6, 6.07) is 15.7. The fourth-order valence-electron chi connectivity index (χ4n) is 13.8. The molecule has 0 bridgehead atoms. The quantitative estimate of drug-likeness (QED) is 0.229. The predicted molar refractivity (Wildman–Crippen MR) is 203 cm³/mol. The van der Waals surface area contributed by atoms with Crippen molar-refractivity contribution in [2.75, 3.05) is 0 Å². The summed E-state index contributed by atoms with van der Waals surface area (Å²) in [5.41, 5.74) is 5.09. The molecule has 0 N–H and O–H groups in total. The van der Waals surface area contributed by atoms with Crippen LogP contribution in [-0.4, -0.2) is 23.6 Å². The van der Waals surface area contributed by atoms with E-state index in [4.69, 9.17) is 14.2 Å². The summed E-state index contributed by atoms with van der Waals surface area (Å²) >= 11 is 0. The number of carbonyl (C=O) groups excluding carboxylic acids is 2. The van der Waals surface area contributed by atoms with Crippen LogP contribution in [0.15, 0.2) is 72.0 Å². The second-order valence-corrected chi connectivity index (χ2v) is 18.9. The second kappa shape index (κ2) is 12.4. The van der Waals surface area contributed by atoms with E-state index in [2.05, 4.69) is 52.0 Å². The molecule has 0 saturated heterocycles. The van der Waals surface area contributed by atoms with Crippen molar-refractivity contribution in [2.45, 2.75) is 136 Å². The Hall–Kier alpha value is -3.34. The Morgan fingerprint density at radius 2 is 1.58 bits per heavy atom. The normalized spacial score (nSPS) is 41.4. The number of fused-ring (bicyclic) bond motifs is 10. The van der Waals surface area contributed by atoms with Crippen molar-refractivity contribution in [3.63, 3.8) is 0 Å². The Bertz CT molecular complexity index is 1830. The lowest BCUT2D eigenvalue weighted by Crippen LogP contribution is -2.54. The van der Waals surface area contributed by atoms with Crippen LogP contribution in [0.25, 0.3) is 0 Å². The summed E-state index contributed by atoms with van der Waals surface area (Å²) in [4.78, 5) is 24.8. The highest BCUT2D eigenvalue weighted by molar-refractivity contribution is 5.91. The van der Waals surface area contributed by atoms with Crippen LogP contribution in [0, 0.1) is 45.8 Å². The summed E-state index contributed by atoms with van der Waals surface area (Å²) in [6.07, 6.45) is 20.3. The SMILES string of the molecule is CC(=O)O[C@@]1(C)CC[C@H]2[C@@H]3CC=C4C=C(O[C@H]5CC[C@H]6[C@@H]7CCc8cc(OC(=O)c9ccccc9)ccc8[C@H]7CC[C@]56C)CC[C@]4(C)[C@H]3CC[C@@]21C. The van der Waals surface area contributed by atoms with Gasteiger partial charge in [-0.15, -0.1) is 0 Å². The third-order valence-corrected chi connectivity index (χ3v) is 16.8. The van der Waals surface area contributed by atoms with Crippen LogP contribution in [0.3, 0.4) is 0 Å². The van der Waals surface area contributed by atoms with Gasteiger partial charge in [0, 0.05) is 24.2 Å². The van der Waals surface area contributed by atoms with Crippen molar-refractivity contribution < 1.29 is 23.8 Å². The minimum absolute atomic E-state index is 0.0640. The minimum Gasteiger partial charge on any atom is -0.494 e. The number of ether oxygens (including phenoxy) is 3. The summed E-state index contributed by atoms with van der Waals surface area (Å²) < 4.78 is 19.0. The van der Waals surface area contributed by atoms with Crippen molar-refractivity contribution in [1.82, 2.24) is 0 Å². The fourth-order valence-corrected chi connectivity index (χ4v) is 13.8.